The van der Waals surface area contributed by atoms with E-state index in [0.717, 1.165) is 5.56 Å². The third-order valence-corrected chi connectivity index (χ3v) is 23.8. The molecule has 1 heterocycles. The largest absolute Gasteiger partial charge is 0.264 e. The number of aryl methyl sites for hydroxylation is 2. The molecule has 0 saturated carbocycles. The van der Waals surface area contributed by atoms with Crippen molar-refractivity contribution < 1.29 is 17.2 Å². The minimum Gasteiger partial charge on any atom is -0.263 e. The molecule has 0 amide bonds. The van der Waals surface area contributed by atoms with Crippen LogP contribution in [0, 0.1) is 23.0 Å². The highest BCUT2D eigenvalue weighted by Crippen LogP contribution is 2.38. The number of halogens is 3. The van der Waals surface area contributed by atoms with E-state index in [1.54, 1.807) is 18.2 Å². The van der Waals surface area contributed by atoms with Crippen molar-refractivity contribution >= 4 is 565 Å². The number of sulfonamides is 1. The topological polar surface area (TPSA) is 61.2 Å². The van der Waals surface area contributed by atoms with Crippen molar-refractivity contribution in [3.8, 4) is 6.07 Å². The fourth-order valence-corrected chi connectivity index (χ4v) is 19.3. The molecule has 4 rings (SSSR count). The second-order valence-corrected chi connectivity index (χ2v) is 31.3. The number of nitriles is 1. The minimum atomic E-state index is -4.05. The SMILES string of the molecule is N#Cc1ccc(S(=O)(=O)N2c3cc(F)ccc3CCC2CCc2ccc(Cl)cc2F)cc1.[B]B([B])B([B])B(B(B([B])[B])B([B])[B])B(B(B(B([B])[B])B([B])[B])B(B([B])[B])B([B])[B])B(B(B(B([B])[B])B([B])[B])B(B([B])[B])B([B])[B])B(B(B(B([B])[B])B([B])[B])B(B([B])[B])B([B])[B])B(B(B([B])[B])B([B])[B])B(B([B])[B])B([B])[B]. The van der Waals surface area contributed by atoms with Crippen LogP contribution in [0.2, 0.25) is 5.02 Å². The number of nitrogens with zero attached hydrogens (tertiary/aromatic N) is 2. The lowest BCUT2D eigenvalue weighted by molar-refractivity contribution is 0.515. The normalized spacial score (nSPS) is 11.6. The monoisotopic (exact) mass is 1310 g/mol. The maximum absolute atomic E-state index is 14.3. The summed E-state index contributed by atoms with van der Waals surface area (Å²) in [6.45, 7) is 0. The lowest BCUT2D eigenvalue weighted by Crippen LogP contribution is -2.99. The molecule has 0 aromatic heterocycles. The molecule has 0 bridgehead atoms. The molecular formula is C24H19B76ClF2N2O2S. The molecule has 0 aliphatic carbocycles. The molecule has 0 saturated heterocycles. The van der Waals surface area contributed by atoms with Crippen molar-refractivity contribution in [1.82, 2.24) is 0 Å². The summed E-state index contributed by atoms with van der Waals surface area (Å²) >= 11 is 5.83. The average Bonchev–Trinajstić information content (AvgIpc) is 0.719. The van der Waals surface area contributed by atoms with Crippen LogP contribution >= 0.6 is 11.6 Å². The summed E-state index contributed by atoms with van der Waals surface area (Å²) in [5, 5.41) is 9.30. The molecule has 1 unspecified atom stereocenters. The van der Waals surface area contributed by atoms with Crippen LogP contribution in [0.25, 0.3) is 0 Å². The fourth-order valence-electron chi connectivity index (χ4n) is 17.4. The van der Waals surface area contributed by atoms with E-state index in [-0.39, 0.29) is 4.90 Å². The molecule has 1 aliphatic heterocycles. The Morgan fingerprint density at radius 1 is 0.370 bits per heavy atom. The second kappa shape index (κ2) is 47.3. The third-order valence-electron chi connectivity index (χ3n) is 21.7. The first-order chi connectivity index (χ1) is 49.8. The highest BCUT2D eigenvalue weighted by Gasteiger charge is 2.65. The van der Waals surface area contributed by atoms with Crippen LogP contribution < -0.4 is 4.31 Å². The van der Waals surface area contributed by atoms with Gasteiger partial charge in [-0.2, -0.15) is 5.26 Å². The van der Waals surface area contributed by atoms with Gasteiger partial charge in [-0.15, -0.1) is 0 Å². The first kappa shape index (κ1) is 104. The Hall–Kier alpha value is 1.99. The Kier molecular flexibility index (Phi) is 45.6. The van der Waals surface area contributed by atoms with Gasteiger partial charge in [0.15, 0.2) is 0 Å². The summed E-state index contributed by atoms with van der Waals surface area (Å²) in [4.78, 5) is 0.0104. The summed E-state index contributed by atoms with van der Waals surface area (Å²) in [7, 11) is 262. The Morgan fingerprint density at radius 2 is 0.648 bits per heavy atom. The van der Waals surface area contributed by atoms with Crippen molar-refractivity contribution in [2.45, 2.75) is 36.6 Å². The van der Waals surface area contributed by atoms with Crippen LogP contribution in [-0.2, 0) is 22.9 Å². The van der Waals surface area contributed by atoms with Gasteiger partial charge in [0.1, 0.15) is 11.6 Å². The molecule has 78 radical (unpaired) electrons. The summed E-state index contributed by atoms with van der Waals surface area (Å²) < 4.78 is 56.9. The van der Waals surface area contributed by atoms with E-state index >= 15 is 0 Å². The standard InChI is InChI=1S/C24H19ClF2N2O2S.B76/c25-19-7-3-17(23(27)13-19)5-9-21-10-6-18-4-8-20(26)14-24(18)29(21)32(30,31)22-11-1-16(15-28)2-12-22;1-40(2)59(39)69(60(41(3)4)42(5)6)74(70(61(43(7)8)44(9)10)62(45(11)12)46(13)14)76(73(67(55(31)32)56(33)34)68(57(35)36)58(37)38)75(71(63(47(15)16)48(17)18)64(49(19)20)50(21)22)72(65(51(23)24)52(25)26)66(53(27)28)54(29)30/h1-4,7-8,11-14,21H,5-6,9-10H2;. The molecule has 3 aromatic carbocycles. The van der Waals surface area contributed by atoms with Gasteiger partial charge < -0.3 is 0 Å². The lowest BCUT2D eigenvalue weighted by atomic mass is 8.20. The van der Waals surface area contributed by atoms with Crippen LogP contribution in [0.4, 0.5) is 14.5 Å². The van der Waals surface area contributed by atoms with E-state index in [1.165, 1.54) is 46.8 Å². The van der Waals surface area contributed by atoms with Gasteiger partial charge >= 0.3 is 0 Å². The maximum atomic E-state index is 14.3. The Bertz CT molecular complexity index is 3100. The zero-order valence-electron chi connectivity index (χ0n) is 60.8. The molecule has 1 atom stereocenters. The number of anilines is 1. The molecule has 1 aliphatic rings. The quantitative estimate of drug-likeness (QED) is 0.0532. The predicted molar refractivity (Wildman–Crippen MR) is 556 cm³/mol. The van der Waals surface area contributed by atoms with Crippen molar-refractivity contribution in [2.24, 2.45) is 0 Å². The molecule has 0 N–H and O–H groups in total. The van der Waals surface area contributed by atoms with E-state index in [1.807, 2.05) is 6.07 Å². The molecule has 0 fully saturated rings. The number of hydrogen-bond acceptors (Lipinski definition) is 3. The molecule has 0 spiro atoms. The van der Waals surface area contributed by atoms with Crippen LogP contribution in [0.15, 0.2) is 65.6 Å². The van der Waals surface area contributed by atoms with Gasteiger partial charge in [-0.1, -0.05) is 23.7 Å². The predicted octanol–water partition coefficient (Wildman–Crippen LogP) is -23.3. The van der Waals surface area contributed by atoms with E-state index in [0.29, 0.717) is 47.5 Å². The van der Waals surface area contributed by atoms with Gasteiger partial charge in [-0.3, -0.25) is 4.31 Å². The number of rotatable bonds is 41. The second-order valence-electron chi connectivity index (χ2n) is 29.0. The van der Waals surface area contributed by atoms with Crippen molar-refractivity contribution in [2.75, 3.05) is 4.31 Å². The Labute approximate surface area is 721 Å². The van der Waals surface area contributed by atoms with Crippen LogP contribution in [-0.4, -0.2) is 552 Å². The third kappa shape index (κ3) is 27.0. The summed E-state index contributed by atoms with van der Waals surface area (Å²) in [6, 6.07) is 15.6. The highest BCUT2D eigenvalue weighted by atomic mass is 35.5. The zero-order chi connectivity index (χ0) is 83.2. The highest BCUT2D eigenvalue weighted by molar-refractivity contribution is 8.41. The van der Waals surface area contributed by atoms with Crippen molar-refractivity contribution in [3.05, 3.63) is 94.0 Å². The molecule has 4 nitrogen and oxygen atoms in total. The summed E-state index contributed by atoms with van der Waals surface area (Å²) in [5.41, 5.74) is 1.80. The molecule has 84 heteroatoms. The van der Waals surface area contributed by atoms with Gasteiger partial charge in [0.05, 0.1) is 22.2 Å². The van der Waals surface area contributed by atoms with Gasteiger partial charge in [0, 0.05) is 549 Å². The first-order valence-electron chi connectivity index (χ1n) is 35.1. The van der Waals surface area contributed by atoms with E-state index in [4.69, 9.17) is 319 Å². The number of fused-ring (bicyclic) bond motifs is 1. The molecule has 392 valence electrons. The van der Waals surface area contributed by atoms with Gasteiger partial charge in [-0.05, 0) is 85.3 Å². The zero-order valence-corrected chi connectivity index (χ0v) is 62.4. The summed E-state index contributed by atoms with van der Waals surface area (Å²) in [5.74, 6) is -0.977. The van der Waals surface area contributed by atoms with Gasteiger partial charge in [-0.25, -0.2) is 17.2 Å². The van der Waals surface area contributed by atoms with Gasteiger partial charge in [0.25, 0.3) is 10.0 Å². The maximum Gasteiger partial charge on any atom is 0.264 e. The van der Waals surface area contributed by atoms with E-state index < -0.39 is 264 Å². The van der Waals surface area contributed by atoms with Crippen LogP contribution in [0.1, 0.15) is 29.5 Å². The average molecular weight is 1290 g/mol. The van der Waals surface area contributed by atoms with Gasteiger partial charge in [0.2, 0.25) is 0 Å². The number of benzene rings is 3. The van der Waals surface area contributed by atoms with Crippen LogP contribution in [0.5, 0.6) is 0 Å². The Balaban J connectivity index is 0.000000771. The first-order valence-corrected chi connectivity index (χ1v) is 36.9. The fraction of sp³-hybridized carbons (Fsp3) is 0.208. The minimum absolute atomic E-state index is 0.0104. The van der Waals surface area contributed by atoms with Crippen molar-refractivity contribution in [1.29, 1.82) is 5.26 Å². The molecular weight excluding hydrogens is 1280 g/mol. The van der Waals surface area contributed by atoms with E-state index in [2.05, 4.69) is 0 Å². The Morgan fingerprint density at radius 3 is 0.917 bits per heavy atom. The smallest absolute Gasteiger partial charge is 0.263 e. The van der Waals surface area contributed by atoms with Crippen LogP contribution in [0.3, 0.4) is 0 Å². The summed E-state index contributed by atoms with van der Waals surface area (Å²) in [6.07, 6.45) is -58.7. The molecule has 108 heavy (non-hydrogen) atoms. The van der Waals surface area contributed by atoms with Crippen molar-refractivity contribution in [3.63, 3.8) is 0 Å². The number of hydrogen-bond donors (Lipinski definition) is 0. The lowest BCUT2D eigenvalue weighted by Gasteiger charge is -2.61. The molecule has 3 aromatic rings. The van der Waals surface area contributed by atoms with E-state index in [9.17, 15) is 17.2 Å².